The van der Waals surface area contributed by atoms with Gasteiger partial charge in [0, 0.05) is 31.0 Å². The zero-order chi connectivity index (χ0) is 16.4. The van der Waals surface area contributed by atoms with Crippen LogP contribution in [0.5, 0.6) is 0 Å². The number of nitrogens with zero attached hydrogens (tertiary/aromatic N) is 1. The topological polar surface area (TPSA) is 49.8 Å². The lowest BCUT2D eigenvalue weighted by molar-refractivity contribution is -0.155. The number of ether oxygens (including phenoxy) is 1. The predicted octanol–water partition coefficient (Wildman–Crippen LogP) is 2.71. The molecule has 2 saturated heterocycles. The van der Waals surface area contributed by atoms with Gasteiger partial charge in [0.1, 0.15) is 12.0 Å². The number of carbonyl (C=O) groups excluding carboxylic acids is 1. The van der Waals surface area contributed by atoms with E-state index in [1.807, 2.05) is 30.3 Å². The second-order valence-electron chi connectivity index (χ2n) is 7.10. The van der Waals surface area contributed by atoms with Gasteiger partial charge in [-0.1, -0.05) is 30.3 Å². The minimum Gasteiger partial charge on any atom is -0.462 e. The van der Waals surface area contributed by atoms with Gasteiger partial charge in [-0.05, 0) is 32.3 Å². The highest BCUT2D eigenvalue weighted by atomic mass is 16.5. The molecule has 2 bridgehead atoms. The number of fused-ring (bicyclic) bond motifs is 2. The first-order valence-electron chi connectivity index (χ1n) is 8.74. The Hall–Kier alpha value is -1.39. The molecule has 1 aromatic rings. The minimum atomic E-state index is -0.572. The zero-order valence-corrected chi connectivity index (χ0v) is 14.0. The number of piperidine rings is 1. The lowest BCUT2D eigenvalue weighted by Gasteiger charge is -2.41. The summed E-state index contributed by atoms with van der Waals surface area (Å²) in [7, 11) is 0. The van der Waals surface area contributed by atoms with Crippen LogP contribution in [0.2, 0.25) is 0 Å². The third kappa shape index (κ3) is 3.43. The van der Waals surface area contributed by atoms with Crippen molar-refractivity contribution in [3.05, 3.63) is 35.9 Å². The molecule has 0 radical (unpaired) electrons. The quantitative estimate of drug-likeness (QED) is 0.848. The van der Waals surface area contributed by atoms with E-state index in [-0.39, 0.29) is 18.7 Å². The Kier molecular flexibility index (Phi) is 5.02. The summed E-state index contributed by atoms with van der Waals surface area (Å²) in [4.78, 5) is 15.1. The maximum Gasteiger partial charge on any atom is 0.316 e. The molecule has 2 heterocycles. The Bertz CT molecular complexity index is 517. The van der Waals surface area contributed by atoms with Gasteiger partial charge in [0.05, 0.1) is 6.61 Å². The van der Waals surface area contributed by atoms with E-state index in [4.69, 9.17) is 4.74 Å². The van der Waals surface area contributed by atoms with Crippen molar-refractivity contribution >= 4 is 5.97 Å². The third-order valence-electron chi connectivity index (χ3n) is 5.29. The van der Waals surface area contributed by atoms with Gasteiger partial charge in [-0.2, -0.15) is 0 Å². The van der Waals surface area contributed by atoms with Crippen molar-refractivity contribution in [3.8, 4) is 0 Å². The summed E-state index contributed by atoms with van der Waals surface area (Å²) >= 11 is 0. The predicted molar refractivity (Wildman–Crippen MR) is 89.2 cm³/mol. The van der Waals surface area contributed by atoms with Crippen LogP contribution in [0.1, 0.15) is 51.0 Å². The molecule has 1 aromatic carbocycles. The van der Waals surface area contributed by atoms with Crippen LogP contribution in [0.4, 0.5) is 0 Å². The van der Waals surface area contributed by atoms with Crippen LogP contribution in [0.15, 0.2) is 30.3 Å². The number of aliphatic hydroxyl groups is 1. The van der Waals surface area contributed by atoms with Crippen molar-refractivity contribution in [2.75, 3.05) is 6.61 Å². The van der Waals surface area contributed by atoms with Crippen molar-refractivity contribution in [2.45, 2.75) is 69.7 Å². The highest BCUT2D eigenvalue weighted by molar-refractivity contribution is 5.78. The second-order valence-corrected chi connectivity index (χ2v) is 7.10. The summed E-state index contributed by atoms with van der Waals surface area (Å²) in [6, 6.07) is 11.0. The molecule has 2 aliphatic heterocycles. The standard InChI is InChI=1S/C19H27NO3/c1-13(2)20-15-8-9-16(20)11-17(10-15)23-19(22)18(12-21)14-6-4-3-5-7-14/h3-7,13,15-18,21H,8-12H2,1-2H3. The van der Waals surface area contributed by atoms with E-state index < -0.39 is 5.92 Å². The van der Waals surface area contributed by atoms with Crippen molar-refractivity contribution in [3.63, 3.8) is 0 Å². The van der Waals surface area contributed by atoms with Crippen LogP contribution in [0, 0.1) is 0 Å². The summed E-state index contributed by atoms with van der Waals surface area (Å²) in [6.45, 7) is 4.28. The monoisotopic (exact) mass is 317 g/mol. The zero-order valence-electron chi connectivity index (χ0n) is 14.0. The van der Waals surface area contributed by atoms with E-state index in [2.05, 4.69) is 18.7 Å². The fourth-order valence-electron chi connectivity index (χ4n) is 4.35. The normalized spacial score (nSPS) is 28.8. The number of hydrogen-bond donors (Lipinski definition) is 1. The van der Waals surface area contributed by atoms with Gasteiger partial charge in [-0.15, -0.1) is 0 Å². The van der Waals surface area contributed by atoms with E-state index >= 15 is 0 Å². The lowest BCUT2D eigenvalue weighted by atomic mass is 9.97. The van der Waals surface area contributed by atoms with E-state index in [1.165, 1.54) is 12.8 Å². The van der Waals surface area contributed by atoms with Crippen molar-refractivity contribution < 1.29 is 14.6 Å². The SMILES string of the molecule is CC(C)N1C2CCC1CC(OC(=O)C(CO)c1ccccc1)C2. The molecular formula is C19H27NO3. The molecule has 2 aliphatic rings. The fourth-order valence-corrected chi connectivity index (χ4v) is 4.35. The molecule has 126 valence electrons. The van der Waals surface area contributed by atoms with Crippen LogP contribution in [0.25, 0.3) is 0 Å². The average Bonchev–Trinajstić information content (AvgIpc) is 2.81. The van der Waals surface area contributed by atoms with Gasteiger partial charge in [0.2, 0.25) is 0 Å². The molecule has 0 aromatic heterocycles. The largest absolute Gasteiger partial charge is 0.462 e. The lowest BCUT2D eigenvalue weighted by Crippen LogP contribution is -2.49. The molecule has 1 N–H and O–H groups in total. The molecule has 3 rings (SSSR count). The molecule has 0 saturated carbocycles. The highest BCUT2D eigenvalue weighted by Crippen LogP contribution is 2.38. The number of benzene rings is 1. The summed E-state index contributed by atoms with van der Waals surface area (Å²) in [5, 5.41) is 9.60. The summed E-state index contributed by atoms with van der Waals surface area (Å²) in [5.74, 6) is -0.863. The van der Waals surface area contributed by atoms with Gasteiger partial charge in [0.15, 0.2) is 0 Å². The third-order valence-corrected chi connectivity index (χ3v) is 5.29. The Balaban J connectivity index is 1.63. The average molecular weight is 317 g/mol. The Morgan fingerprint density at radius 1 is 1.22 bits per heavy atom. The molecule has 4 nitrogen and oxygen atoms in total. The Morgan fingerprint density at radius 3 is 2.35 bits per heavy atom. The number of esters is 1. The van der Waals surface area contributed by atoms with Crippen molar-refractivity contribution in [1.29, 1.82) is 0 Å². The van der Waals surface area contributed by atoms with Crippen LogP contribution in [0.3, 0.4) is 0 Å². The molecule has 0 aliphatic carbocycles. The Labute approximate surface area is 138 Å². The smallest absolute Gasteiger partial charge is 0.316 e. The second kappa shape index (κ2) is 7.02. The number of aliphatic hydroxyl groups excluding tert-OH is 1. The summed E-state index contributed by atoms with van der Waals surface area (Å²) in [6.07, 6.45) is 4.26. The van der Waals surface area contributed by atoms with Crippen molar-refractivity contribution in [1.82, 2.24) is 4.90 Å². The van der Waals surface area contributed by atoms with Gasteiger partial charge in [-0.3, -0.25) is 9.69 Å². The number of carbonyl (C=O) groups is 1. The van der Waals surface area contributed by atoms with Gasteiger partial charge < -0.3 is 9.84 Å². The molecule has 3 unspecified atom stereocenters. The van der Waals surface area contributed by atoms with Gasteiger partial charge in [-0.25, -0.2) is 0 Å². The fraction of sp³-hybridized carbons (Fsp3) is 0.632. The highest BCUT2D eigenvalue weighted by Gasteiger charge is 2.43. The van der Waals surface area contributed by atoms with Gasteiger partial charge >= 0.3 is 5.97 Å². The van der Waals surface area contributed by atoms with E-state index in [9.17, 15) is 9.90 Å². The maximum absolute atomic E-state index is 12.5. The van der Waals surface area contributed by atoms with Crippen LogP contribution < -0.4 is 0 Å². The van der Waals surface area contributed by atoms with Crippen LogP contribution in [-0.4, -0.2) is 46.8 Å². The first-order chi connectivity index (χ1) is 11.1. The van der Waals surface area contributed by atoms with Gasteiger partial charge in [0.25, 0.3) is 0 Å². The van der Waals surface area contributed by atoms with Crippen LogP contribution >= 0.6 is 0 Å². The van der Waals surface area contributed by atoms with E-state index in [0.717, 1.165) is 18.4 Å². The molecule has 4 heteroatoms. The van der Waals surface area contributed by atoms with E-state index in [0.29, 0.717) is 18.1 Å². The summed E-state index contributed by atoms with van der Waals surface area (Å²) < 4.78 is 5.78. The number of hydrogen-bond acceptors (Lipinski definition) is 4. The summed E-state index contributed by atoms with van der Waals surface area (Å²) in [5.41, 5.74) is 0.822. The molecule has 0 spiro atoms. The van der Waals surface area contributed by atoms with E-state index in [1.54, 1.807) is 0 Å². The molecule has 0 amide bonds. The molecule has 3 atom stereocenters. The first-order valence-corrected chi connectivity index (χ1v) is 8.74. The molecule has 2 fully saturated rings. The minimum absolute atomic E-state index is 0.00670. The Morgan fingerprint density at radius 2 is 1.83 bits per heavy atom. The van der Waals surface area contributed by atoms with Crippen LogP contribution in [-0.2, 0) is 9.53 Å². The molecule has 23 heavy (non-hydrogen) atoms. The van der Waals surface area contributed by atoms with Crippen molar-refractivity contribution in [2.24, 2.45) is 0 Å². The first kappa shape index (κ1) is 16.5. The maximum atomic E-state index is 12.5. The number of rotatable bonds is 5. The molecular weight excluding hydrogens is 290 g/mol.